The Labute approximate surface area is 468 Å². The van der Waals surface area contributed by atoms with Crippen LogP contribution in [0.25, 0.3) is 93.3 Å². The molecule has 3 aliphatic rings. The van der Waals surface area contributed by atoms with Crippen LogP contribution in [0.2, 0.25) is 0 Å². The zero-order valence-corrected chi connectivity index (χ0v) is 45.4. The summed E-state index contributed by atoms with van der Waals surface area (Å²) in [7, 11) is 0. The summed E-state index contributed by atoms with van der Waals surface area (Å²) in [6.07, 6.45) is 3.17. The fourth-order valence-electron chi connectivity index (χ4n) is 12.5. The highest BCUT2D eigenvalue weighted by Crippen LogP contribution is 2.48. The van der Waals surface area contributed by atoms with E-state index in [1.807, 2.05) is 50.2 Å². The largest absolute Gasteiger partial charge is 0.397 e. The van der Waals surface area contributed by atoms with Gasteiger partial charge in [-0.1, -0.05) is 227 Å². The maximum atomic E-state index is 6.06. The quantitative estimate of drug-likeness (QED) is 0.0564. The van der Waals surface area contributed by atoms with Gasteiger partial charge < -0.3 is 32.7 Å². The molecule has 0 radical (unpaired) electrons. The van der Waals surface area contributed by atoms with Gasteiger partial charge in [-0.2, -0.15) is 0 Å². The topological polar surface area (TPSA) is 100 Å². The number of aryl methyl sites for hydroxylation is 1. The summed E-state index contributed by atoms with van der Waals surface area (Å²) < 4.78 is 0. The highest BCUT2D eigenvalue weighted by molar-refractivity contribution is 6.21. The van der Waals surface area contributed by atoms with Gasteiger partial charge in [0.1, 0.15) is 0 Å². The number of hydrogen-bond donors (Lipinski definition) is 6. The molecule has 0 saturated heterocycles. The van der Waals surface area contributed by atoms with Crippen molar-refractivity contribution >= 4 is 71.5 Å². The maximum absolute atomic E-state index is 6.06. The van der Waals surface area contributed by atoms with Crippen LogP contribution in [0.5, 0.6) is 0 Å². The molecule has 0 fully saturated rings. The molecule has 3 atom stereocenters. The molecular weight excluding hydrogens is 973 g/mol. The van der Waals surface area contributed by atoms with Crippen molar-refractivity contribution in [1.29, 1.82) is 0 Å². The first-order chi connectivity index (χ1) is 39.5. The van der Waals surface area contributed by atoms with Crippen LogP contribution >= 0.6 is 0 Å². The third kappa shape index (κ3) is 8.89. The third-order valence-corrected chi connectivity index (χ3v) is 16.4. The predicted molar refractivity (Wildman–Crippen MR) is 342 cm³/mol. The highest BCUT2D eigenvalue weighted by atomic mass is 15.1. The van der Waals surface area contributed by atoms with Crippen molar-refractivity contribution in [2.45, 2.75) is 45.3 Å². The predicted octanol–water partition coefficient (Wildman–Crippen LogP) is 18.3. The van der Waals surface area contributed by atoms with E-state index in [9.17, 15) is 0 Å². The average Bonchev–Trinajstić information content (AvgIpc) is 3.66. The lowest BCUT2D eigenvalue weighted by Gasteiger charge is -2.40. The van der Waals surface area contributed by atoms with E-state index >= 15 is 0 Å². The van der Waals surface area contributed by atoms with E-state index < -0.39 is 0 Å². The second-order valence-corrected chi connectivity index (χ2v) is 20.9. The molecule has 1 aliphatic carbocycles. The standard InChI is InChI=1S/C58H46N4.C14H12N2.C2H6/c1-2-36-14-11-15-37(28-36)42-31-43(38-16-12-18-40(29-38)53-34-59-55-49-24-7-3-20-45(49)47-22-5-9-26-51(47)57(55)61-53)33-44(32-42)39-17-13-19-41(30-39)54-35-60-56-50-25-8-4-21-46(50)48-23-6-10-27-52(48)58(56)62-54;15-13-11-7-3-1-5-9(11)10-6-2-4-8-12(10)14(13)16;1-2/h3-34,54-55,57,59-62H,2,35H2,1H3;1-8H,15-16H2;1-2H3. The Morgan fingerprint density at radius 2 is 0.825 bits per heavy atom. The van der Waals surface area contributed by atoms with Crippen LogP contribution in [-0.4, -0.2) is 6.54 Å². The van der Waals surface area contributed by atoms with Crippen LogP contribution in [0.4, 0.5) is 22.7 Å². The Balaban J connectivity index is 0.000000286. The molecule has 2 aliphatic heterocycles. The van der Waals surface area contributed by atoms with Crippen molar-refractivity contribution < 1.29 is 0 Å². The number of fused-ring (bicyclic) bond motifs is 15. The van der Waals surface area contributed by atoms with Gasteiger partial charge in [0, 0.05) is 34.3 Å². The second kappa shape index (κ2) is 21.2. The van der Waals surface area contributed by atoms with E-state index in [1.54, 1.807) is 0 Å². The fraction of sp³-hybridized carbons (Fsp3) is 0.108. The first-order valence-electron chi connectivity index (χ1n) is 28.2. The number of benzene rings is 12. The van der Waals surface area contributed by atoms with E-state index in [2.05, 4.69) is 235 Å². The Bertz CT molecular complexity index is 4300. The van der Waals surface area contributed by atoms with Crippen molar-refractivity contribution in [2.75, 3.05) is 28.6 Å². The molecule has 2 heterocycles. The summed E-state index contributed by atoms with van der Waals surface area (Å²) in [4.78, 5) is 0. The molecule has 12 aromatic rings. The molecule has 0 spiro atoms. The number of rotatable bonds is 6. The smallest absolute Gasteiger partial charge is 0.0764 e. The van der Waals surface area contributed by atoms with Crippen LogP contribution in [0.1, 0.15) is 66.7 Å². The Hall–Kier alpha value is -9.78. The van der Waals surface area contributed by atoms with E-state index in [0.29, 0.717) is 11.4 Å². The van der Waals surface area contributed by atoms with Crippen molar-refractivity contribution in [3.63, 3.8) is 0 Å². The van der Waals surface area contributed by atoms with Crippen LogP contribution < -0.4 is 32.7 Å². The molecule has 8 N–H and O–H groups in total. The van der Waals surface area contributed by atoms with E-state index in [-0.39, 0.29) is 18.1 Å². The van der Waals surface area contributed by atoms with Gasteiger partial charge in [0.25, 0.3) is 0 Å². The van der Waals surface area contributed by atoms with Gasteiger partial charge >= 0.3 is 0 Å². The van der Waals surface area contributed by atoms with Crippen LogP contribution in [-0.2, 0) is 6.42 Å². The van der Waals surface area contributed by atoms with Crippen molar-refractivity contribution in [3.8, 4) is 44.5 Å². The molecule has 80 heavy (non-hydrogen) atoms. The maximum Gasteiger partial charge on any atom is 0.0764 e. The van der Waals surface area contributed by atoms with Gasteiger partial charge in [-0.15, -0.1) is 0 Å². The highest BCUT2D eigenvalue weighted by Gasteiger charge is 2.36. The molecule has 0 saturated carbocycles. The minimum atomic E-state index is 0.0988. The van der Waals surface area contributed by atoms with Crippen molar-refractivity contribution in [1.82, 2.24) is 10.6 Å². The first-order valence-corrected chi connectivity index (χ1v) is 28.2. The average molecular weight is 1040 g/mol. The summed E-state index contributed by atoms with van der Waals surface area (Å²) in [5, 5.41) is 25.1. The molecule has 0 amide bonds. The lowest BCUT2D eigenvalue weighted by molar-refractivity contribution is 0.440. The second-order valence-electron chi connectivity index (χ2n) is 20.9. The summed E-state index contributed by atoms with van der Waals surface area (Å²) in [5.74, 6) is 0. The van der Waals surface area contributed by atoms with E-state index in [1.165, 1.54) is 99.7 Å². The van der Waals surface area contributed by atoms with E-state index in [0.717, 1.165) is 45.8 Å². The lowest BCUT2D eigenvalue weighted by atomic mass is 9.78. The SMILES string of the molecule is CC.CCc1cccc(-c2cc(-c3cccc(C4=CNC5c6ccccc6-c6ccccc6C5N4)c3)cc(-c3cccc(C4CNc5c(c6ccccc6c6ccccc56)N4)c3)c2)c1.Nc1c(N)c2ccccc2c2ccccc12. The van der Waals surface area contributed by atoms with Gasteiger partial charge in [-0.3, -0.25) is 0 Å². The molecule has 0 aromatic heterocycles. The summed E-state index contributed by atoms with van der Waals surface area (Å²) in [6.45, 7) is 7.02. The number of nitrogens with one attached hydrogen (secondary N) is 4. The van der Waals surface area contributed by atoms with E-state index in [4.69, 9.17) is 11.5 Å². The normalized spacial score (nSPS) is 15.6. The zero-order valence-electron chi connectivity index (χ0n) is 45.4. The molecule has 6 heteroatoms. The summed E-state index contributed by atoms with van der Waals surface area (Å²) >= 11 is 0. The molecule has 0 bridgehead atoms. The first kappa shape index (κ1) is 49.8. The fourth-order valence-corrected chi connectivity index (χ4v) is 12.5. The van der Waals surface area contributed by atoms with Gasteiger partial charge in [0.05, 0.1) is 46.6 Å². The molecule has 15 rings (SSSR count). The number of hydrogen-bond acceptors (Lipinski definition) is 6. The molecule has 6 nitrogen and oxygen atoms in total. The Kier molecular flexibility index (Phi) is 13.2. The van der Waals surface area contributed by atoms with Crippen LogP contribution in [0, 0.1) is 0 Å². The number of anilines is 4. The Morgan fingerprint density at radius 3 is 1.41 bits per heavy atom. The molecule has 12 aromatic carbocycles. The Morgan fingerprint density at radius 1 is 0.388 bits per heavy atom. The van der Waals surface area contributed by atoms with Gasteiger partial charge in [-0.25, -0.2) is 0 Å². The number of nitrogen functional groups attached to an aromatic ring is 2. The summed E-state index contributed by atoms with van der Waals surface area (Å²) in [5.41, 5.74) is 33.2. The van der Waals surface area contributed by atoms with Crippen LogP contribution in [0.15, 0.2) is 243 Å². The zero-order chi connectivity index (χ0) is 54.3. The van der Waals surface area contributed by atoms with Crippen molar-refractivity contribution in [2.24, 2.45) is 0 Å². The molecular formula is C74H64N6. The molecule has 3 unspecified atom stereocenters. The minimum absolute atomic E-state index is 0.0988. The van der Waals surface area contributed by atoms with Gasteiger partial charge in [0.15, 0.2) is 0 Å². The number of nitrogens with two attached hydrogens (primary N) is 2. The van der Waals surface area contributed by atoms with Gasteiger partial charge in [0.2, 0.25) is 0 Å². The van der Waals surface area contributed by atoms with Crippen molar-refractivity contribution in [3.05, 3.63) is 271 Å². The van der Waals surface area contributed by atoms with Gasteiger partial charge in [-0.05, 0) is 131 Å². The van der Waals surface area contributed by atoms with Crippen LogP contribution in [0.3, 0.4) is 0 Å². The minimum Gasteiger partial charge on any atom is -0.397 e. The monoisotopic (exact) mass is 1040 g/mol. The third-order valence-electron chi connectivity index (χ3n) is 16.4. The molecule has 390 valence electrons. The lowest BCUT2D eigenvalue weighted by Crippen LogP contribution is -2.39. The summed E-state index contributed by atoms with van der Waals surface area (Å²) in [6, 6.07) is 85.9.